The molecule has 0 N–H and O–H groups in total. The summed E-state index contributed by atoms with van der Waals surface area (Å²) in [5.74, 6) is -0.424. The van der Waals surface area contributed by atoms with Crippen LogP contribution in [0.15, 0.2) is 65.8 Å². The predicted molar refractivity (Wildman–Crippen MR) is 124 cm³/mol. The molecule has 5 heteroatoms. The molecule has 0 aliphatic heterocycles. The van der Waals surface area contributed by atoms with E-state index in [2.05, 4.69) is 16.6 Å². The van der Waals surface area contributed by atoms with E-state index in [4.69, 9.17) is 4.84 Å². The zero-order valence-corrected chi connectivity index (χ0v) is 18.1. The summed E-state index contributed by atoms with van der Waals surface area (Å²) < 4.78 is 2.22. The topological polar surface area (TPSA) is 60.7 Å². The molecule has 1 heterocycles. The molecule has 0 amide bonds. The maximum absolute atomic E-state index is 13.1. The molecule has 0 bridgehead atoms. The fraction of sp³-hybridized carbons (Fsp3) is 0.192. The number of hydrogen-bond acceptors (Lipinski definition) is 4. The molecule has 0 fully saturated rings. The summed E-state index contributed by atoms with van der Waals surface area (Å²) in [7, 11) is 0. The lowest BCUT2D eigenvalue weighted by Crippen LogP contribution is -2.03. The zero-order chi connectivity index (χ0) is 22.1. The van der Waals surface area contributed by atoms with Crippen molar-refractivity contribution in [2.24, 2.45) is 5.16 Å². The van der Waals surface area contributed by atoms with Crippen LogP contribution in [-0.2, 0) is 16.2 Å². The first-order valence-corrected chi connectivity index (χ1v) is 10.3. The third-order valence-electron chi connectivity index (χ3n) is 5.56. The summed E-state index contributed by atoms with van der Waals surface area (Å²) >= 11 is 0. The molecular weight excluding hydrogens is 388 g/mol. The number of oxime groups is 1. The first-order valence-electron chi connectivity index (χ1n) is 10.3. The second-order valence-corrected chi connectivity index (χ2v) is 7.61. The number of benzene rings is 3. The Morgan fingerprint density at radius 3 is 2.35 bits per heavy atom. The quantitative estimate of drug-likeness (QED) is 0.184. The molecule has 0 atom stereocenters. The molecule has 0 radical (unpaired) electrons. The van der Waals surface area contributed by atoms with E-state index in [0.717, 1.165) is 45.0 Å². The molecule has 0 saturated carbocycles. The SMILES string of the molecule is CCn1c2ccc(C(=O)c3ccccc3C)cc2c2ccc(/C(C)=N/OC(C)=O)cc21. The van der Waals surface area contributed by atoms with E-state index >= 15 is 0 Å². The minimum Gasteiger partial charge on any atom is -0.341 e. The van der Waals surface area contributed by atoms with Gasteiger partial charge in [0.15, 0.2) is 5.78 Å². The van der Waals surface area contributed by atoms with E-state index in [9.17, 15) is 9.59 Å². The standard InChI is InChI=1S/C26H24N2O3/c1-5-28-24-13-11-20(26(30)21-9-7-6-8-16(21)2)14-23(24)22-12-10-19(15-25(22)28)17(3)27-31-18(4)29/h6-15H,5H2,1-4H3/b27-17+. The van der Waals surface area contributed by atoms with E-state index < -0.39 is 5.97 Å². The van der Waals surface area contributed by atoms with Crippen LogP contribution in [0.25, 0.3) is 21.8 Å². The number of ketones is 1. The van der Waals surface area contributed by atoms with Crippen LogP contribution >= 0.6 is 0 Å². The molecule has 4 rings (SSSR count). The summed E-state index contributed by atoms with van der Waals surface area (Å²) in [4.78, 5) is 29.0. The fourth-order valence-corrected chi connectivity index (χ4v) is 3.98. The van der Waals surface area contributed by atoms with Gasteiger partial charge in [0.25, 0.3) is 0 Å². The maximum Gasteiger partial charge on any atom is 0.331 e. The highest BCUT2D eigenvalue weighted by Gasteiger charge is 2.16. The summed E-state index contributed by atoms with van der Waals surface area (Å²) in [6.07, 6.45) is 0. The molecule has 5 nitrogen and oxygen atoms in total. The van der Waals surface area contributed by atoms with Crippen molar-refractivity contribution in [3.05, 3.63) is 82.9 Å². The van der Waals surface area contributed by atoms with Crippen molar-refractivity contribution in [1.82, 2.24) is 4.57 Å². The van der Waals surface area contributed by atoms with Crippen molar-refractivity contribution >= 4 is 39.3 Å². The minimum absolute atomic E-state index is 0.0263. The van der Waals surface area contributed by atoms with Gasteiger partial charge in [0.2, 0.25) is 0 Å². The van der Waals surface area contributed by atoms with Gasteiger partial charge in [-0.15, -0.1) is 0 Å². The Labute approximate surface area is 180 Å². The first-order chi connectivity index (χ1) is 14.9. The maximum atomic E-state index is 13.1. The number of carbonyl (C=O) groups is 2. The van der Waals surface area contributed by atoms with E-state index in [-0.39, 0.29) is 5.78 Å². The Balaban J connectivity index is 1.85. The van der Waals surface area contributed by atoms with Crippen LogP contribution in [0, 0.1) is 6.92 Å². The van der Waals surface area contributed by atoms with Gasteiger partial charge < -0.3 is 9.40 Å². The molecular formula is C26H24N2O3. The second-order valence-electron chi connectivity index (χ2n) is 7.61. The Kier molecular flexibility index (Phi) is 5.42. The molecule has 156 valence electrons. The molecule has 0 saturated heterocycles. The van der Waals surface area contributed by atoms with Crippen molar-refractivity contribution in [2.75, 3.05) is 0 Å². The number of hydrogen-bond donors (Lipinski definition) is 0. The number of aryl methyl sites for hydroxylation is 2. The summed E-state index contributed by atoms with van der Waals surface area (Å²) in [5.41, 5.74) is 5.99. The highest BCUT2D eigenvalue weighted by Crippen LogP contribution is 2.31. The van der Waals surface area contributed by atoms with Crippen molar-refractivity contribution in [1.29, 1.82) is 0 Å². The largest absolute Gasteiger partial charge is 0.341 e. The smallest absolute Gasteiger partial charge is 0.331 e. The minimum atomic E-state index is -0.450. The van der Waals surface area contributed by atoms with E-state index in [1.807, 2.05) is 74.5 Å². The Hall–Kier alpha value is -3.73. The Morgan fingerprint density at radius 1 is 0.903 bits per heavy atom. The van der Waals surface area contributed by atoms with Crippen molar-refractivity contribution in [3.8, 4) is 0 Å². The monoisotopic (exact) mass is 412 g/mol. The van der Waals surface area contributed by atoms with Crippen molar-refractivity contribution < 1.29 is 14.4 Å². The average Bonchev–Trinajstić information content (AvgIpc) is 3.09. The third kappa shape index (κ3) is 3.75. The van der Waals surface area contributed by atoms with Gasteiger partial charge in [0.05, 0.1) is 5.71 Å². The van der Waals surface area contributed by atoms with Crippen LogP contribution in [-0.4, -0.2) is 22.0 Å². The molecule has 0 aliphatic carbocycles. The number of carbonyl (C=O) groups excluding carboxylic acids is 2. The number of aromatic nitrogens is 1. The Morgan fingerprint density at radius 2 is 1.65 bits per heavy atom. The van der Waals surface area contributed by atoms with Gasteiger partial charge in [-0.3, -0.25) is 4.79 Å². The third-order valence-corrected chi connectivity index (χ3v) is 5.56. The van der Waals surface area contributed by atoms with Gasteiger partial charge in [-0.1, -0.05) is 41.6 Å². The Bertz CT molecular complexity index is 1360. The molecule has 0 aliphatic rings. The summed E-state index contributed by atoms with van der Waals surface area (Å²) in [5, 5.41) is 6.01. The molecule has 31 heavy (non-hydrogen) atoms. The van der Waals surface area contributed by atoms with Gasteiger partial charge in [0.1, 0.15) is 0 Å². The van der Waals surface area contributed by atoms with Crippen LogP contribution in [0.5, 0.6) is 0 Å². The number of rotatable bonds is 5. The van der Waals surface area contributed by atoms with E-state index in [1.165, 1.54) is 6.92 Å². The van der Waals surface area contributed by atoms with Gasteiger partial charge in [0, 0.05) is 52.0 Å². The fourth-order valence-electron chi connectivity index (χ4n) is 3.98. The van der Waals surface area contributed by atoms with Gasteiger partial charge in [-0.05, 0) is 50.6 Å². The van der Waals surface area contributed by atoms with Crippen LogP contribution in [0.4, 0.5) is 0 Å². The molecule has 4 aromatic rings. The molecule has 0 unspecified atom stereocenters. The van der Waals surface area contributed by atoms with Gasteiger partial charge in [-0.25, -0.2) is 4.79 Å². The van der Waals surface area contributed by atoms with Crippen LogP contribution in [0.2, 0.25) is 0 Å². The van der Waals surface area contributed by atoms with Crippen molar-refractivity contribution in [2.45, 2.75) is 34.2 Å². The van der Waals surface area contributed by atoms with Gasteiger partial charge in [-0.2, -0.15) is 0 Å². The van der Waals surface area contributed by atoms with Crippen LogP contribution < -0.4 is 0 Å². The van der Waals surface area contributed by atoms with Crippen LogP contribution in [0.1, 0.15) is 47.8 Å². The highest BCUT2D eigenvalue weighted by molar-refractivity contribution is 6.16. The van der Waals surface area contributed by atoms with Gasteiger partial charge >= 0.3 is 5.97 Å². The molecule has 3 aromatic carbocycles. The van der Waals surface area contributed by atoms with E-state index in [0.29, 0.717) is 11.3 Å². The zero-order valence-electron chi connectivity index (χ0n) is 18.1. The lowest BCUT2D eigenvalue weighted by molar-refractivity contribution is -0.140. The average molecular weight is 412 g/mol. The highest BCUT2D eigenvalue weighted by atomic mass is 16.7. The first kappa shape index (κ1) is 20.5. The number of fused-ring (bicyclic) bond motifs is 3. The second kappa shape index (κ2) is 8.19. The molecule has 0 spiro atoms. The normalized spacial score (nSPS) is 11.8. The lowest BCUT2D eigenvalue weighted by Gasteiger charge is -2.06. The van der Waals surface area contributed by atoms with Crippen molar-refractivity contribution in [3.63, 3.8) is 0 Å². The summed E-state index contributed by atoms with van der Waals surface area (Å²) in [6, 6.07) is 19.6. The number of nitrogens with zero attached hydrogens (tertiary/aromatic N) is 2. The summed E-state index contributed by atoms with van der Waals surface area (Å²) in [6.45, 7) is 7.97. The van der Waals surface area contributed by atoms with Crippen LogP contribution in [0.3, 0.4) is 0 Å². The predicted octanol–water partition coefficient (Wildman–Crippen LogP) is 5.64. The molecule has 1 aromatic heterocycles. The van der Waals surface area contributed by atoms with E-state index in [1.54, 1.807) is 0 Å². The lowest BCUT2D eigenvalue weighted by atomic mass is 9.97.